The van der Waals surface area contributed by atoms with Gasteiger partial charge in [-0.05, 0) is 0 Å². The summed E-state index contributed by atoms with van der Waals surface area (Å²) in [6.45, 7) is -0.804. The van der Waals surface area contributed by atoms with Crippen LogP contribution in [0.15, 0.2) is 0 Å². The number of nitrogens with zero attached hydrogens (tertiary/aromatic N) is 3. The highest BCUT2D eigenvalue weighted by molar-refractivity contribution is 5.76. The molecule has 0 spiro atoms. The highest BCUT2D eigenvalue weighted by atomic mass is 16.7. The standard InChI is InChI=1S/C11H11N3O7/c12-5-17-3-4-19-10(15)2-1-9(20-7-14)11(16)21-8-18-6-13/h9H,1-4,8H2. The van der Waals surface area contributed by atoms with E-state index in [1.165, 1.54) is 18.8 Å². The normalized spacial score (nSPS) is 9.95. The maximum absolute atomic E-state index is 11.4. The summed E-state index contributed by atoms with van der Waals surface area (Å²) in [4.78, 5) is 22.7. The summed E-state index contributed by atoms with van der Waals surface area (Å²) in [5, 5.41) is 24.6. The quantitative estimate of drug-likeness (QED) is 0.227. The number of rotatable bonds is 10. The second-order valence-electron chi connectivity index (χ2n) is 3.21. The van der Waals surface area contributed by atoms with Gasteiger partial charge in [0.25, 0.3) is 18.8 Å². The van der Waals surface area contributed by atoms with E-state index in [1.54, 1.807) is 0 Å². The van der Waals surface area contributed by atoms with Crippen LogP contribution in [-0.2, 0) is 33.3 Å². The van der Waals surface area contributed by atoms with Crippen molar-refractivity contribution in [3.8, 4) is 18.8 Å². The van der Waals surface area contributed by atoms with E-state index < -0.39 is 24.8 Å². The van der Waals surface area contributed by atoms with Crippen molar-refractivity contribution in [2.24, 2.45) is 0 Å². The average Bonchev–Trinajstić information content (AvgIpc) is 2.48. The molecule has 112 valence electrons. The molecule has 0 aromatic heterocycles. The van der Waals surface area contributed by atoms with Gasteiger partial charge in [-0.3, -0.25) is 4.79 Å². The first-order chi connectivity index (χ1) is 10.2. The van der Waals surface area contributed by atoms with Crippen molar-refractivity contribution >= 4 is 11.9 Å². The third-order valence-electron chi connectivity index (χ3n) is 1.91. The van der Waals surface area contributed by atoms with Crippen molar-refractivity contribution in [2.75, 3.05) is 20.0 Å². The number of hydrogen-bond donors (Lipinski definition) is 0. The van der Waals surface area contributed by atoms with Crippen LogP contribution in [-0.4, -0.2) is 38.0 Å². The highest BCUT2D eigenvalue weighted by Crippen LogP contribution is 2.06. The van der Waals surface area contributed by atoms with Gasteiger partial charge in [0, 0.05) is 12.8 Å². The lowest BCUT2D eigenvalue weighted by Crippen LogP contribution is -2.27. The number of hydrogen-bond acceptors (Lipinski definition) is 10. The van der Waals surface area contributed by atoms with E-state index in [-0.39, 0.29) is 26.1 Å². The molecule has 0 aliphatic heterocycles. The molecule has 10 nitrogen and oxygen atoms in total. The minimum Gasteiger partial charge on any atom is -0.462 e. The molecule has 0 aliphatic rings. The van der Waals surface area contributed by atoms with Crippen molar-refractivity contribution in [1.29, 1.82) is 15.8 Å². The van der Waals surface area contributed by atoms with E-state index in [0.29, 0.717) is 0 Å². The van der Waals surface area contributed by atoms with Crippen molar-refractivity contribution in [1.82, 2.24) is 0 Å². The van der Waals surface area contributed by atoms with Crippen LogP contribution in [0, 0.1) is 34.6 Å². The van der Waals surface area contributed by atoms with Crippen molar-refractivity contribution in [2.45, 2.75) is 18.9 Å². The second kappa shape index (κ2) is 11.9. The molecule has 0 amide bonds. The molecule has 10 heteroatoms. The van der Waals surface area contributed by atoms with Gasteiger partial charge in [0.1, 0.15) is 13.2 Å². The molecule has 1 unspecified atom stereocenters. The van der Waals surface area contributed by atoms with Crippen LogP contribution in [0.4, 0.5) is 0 Å². The number of ether oxygens (including phenoxy) is 5. The summed E-state index contributed by atoms with van der Waals surface area (Å²) >= 11 is 0. The van der Waals surface area contributed by atoms with Crippen molar-refractivity contribution in [3.05, 3.63) is 0 Å². The van der Waals surface area contributed by atoms with Crippen molar-refractivity contribution < 1.29 is 33.3 Å². The predicted molar refractivity (Wildman–Crippen MR) is 59.9 cm³/mol. The molecule has 21 heavy (non-hydrogen) atoms. The fourth-order valence-corrected chi connectivity index (χ4v) is 1.06. The molecule has 0 saturated carbocycles. The summed E-state index contributed by atoms with van der Waals surface area (Å²) in [6, 6.07) is 0. The number of nitriles is 3. The summed E-state index contributed by atoms with van der Waals surface area (Å²) < 4.78 is 22.0. The van der Waals surface area contributed by atoms with Crippen LogP contribution in [0.2, 0.25) is 0 Å². The molecular weight excluding hydrogens is 286 g/mol. The third-order valence-corrected chi connectivity index (χ3v) is 1.91. The van der Waals surface area contributed by atoms with Crippen LogP contribution in [0.25, 0.3) is 0 Å². The Hall–Kier alpha value is -3.19. The van der Waals surface area contributed by atoms with Gasteiger partial charge in [-0.1, -0.05) is 0 Å². The zero-order valence-electron chi connectivity index (χ0n) is 10.8. The van der Waals surface area contributed by atoms with Gasteiger partial charge in [-0.2, -0.15) is 15.8 Å². The van der Waals surface area contributed by atoms with Gasteiger partial charge in [-0.25, -0.2) is 4.79 Å². The topological polar surface area (TPSA) is 152 Å². The number of carbonyl (C=O) groups excluding carboxylic acids is 2. The lowest BCUT2D eigenvalue weighted by Gasteiger charge is -2.12. The summed E-state index contributed by atoms with van der Waals surface area (Å²) in [7, 11) is 0. The Balaban J connectivity index is 4.06. The maximum atomic E-state index is 11.4. The highest BCUT2D eigenvalue weighted by Gasteiger charge is 2.23. The van der Waals surface area contributed by atoms with E-state index in [9.17, 15) is 9.59 Å². The van der Waals surface area contributed by atoms with Gasteiger partial charge in [0.15, 0.2) is 0 Å². The lowest BCUT2D eigenvalue weighted by molar-refractivity contribution is -0.162. The zero-order chi connectivity index (χ0) is 15.9. The van der Waals surface area contributed by atoms with Gasteiger partial charge >= 0.3 is 11.9 Å². The summed E-state index contributed by atoms with van der Waals surface area (Å²) in [5.74, 6) is -1.61. The van der Waals surface area contributed by atoms with E-state index in [2.05, 4.69) is 23.7 Å². The lowest BCUT2D eigenvalue weighted by atomic mass is 10.2. The summed E-state index contributed by atoms with van der Waals surface area (Å²) in [5.41, 5.74) is 0. The molecule has 0 heterocycles. The average molecular weight is 297 g/mol. The molecule has 0 bridgehead atoms. The van der Waals surface area contributed by atoms with Crippen LogP contribution in [0.3, 0.4) is 0 Å². The van der Waals surface area contributed by atoms with Crippen LogP contribution < -0.4 is 0 Å². The molecule has 0 saturated heterocycles. The minimum absolute atomic E-state index is 0.0755. The van der Waals surface area contributed by atoms with E-state index in [4.69, 9.17) is 15.8 Å². The molecule has 0 rings (SSSR count). The SMILES string of the molecule is N#COCCOC(=O)CCC(OC#N)C(=O)OCOC#N. The molecule has 1 atom stereocenters. The largest absolute Gasteiger partial charge is 0.462 e. The first-order valence-corrected chi connectivity index (χ1v) is 5.54. The summed E-state index contributed by atoms with van der Waals surface area (Å²) in [6.07, 6.45) is 2.32. The zero-order valence-corrected chi connectivity index (χ0v) is 10.8. The Labute approximate surface area is 119 Å². The second-order valence-corrected chi connectivity index (χ2v) is 3.21. The Kier molecular flexibility index (Phi) is 10.1. The van der Waals surface area contributed by atoms with E-state index in [0.717, 1.165) is 0 Å². The van der Waals surface area contributed by atoms with Crippen LogP contribution in [0.1, 0.15) is 12.8 Å². The van der Waals surface area contributed by atoms with Crippen LogP contribution >= 0.6 is 0 Å². The number of esters is 2. The van der Waals surface area contributed by atoms with Gasteiger partial charge in [0.2, 0.25) is 12.9 Å². The first kappa shape index (κ1) is 17.8. The molecule has 0 radical (unpaired) electrons. The monoisotopic (exact) mass is 297 g/mol. The van der Waals surface area contributed by atoms with Gasteiger partial charge in [0.05, 0.1) is 0 Å². The Bertz CT molecular complexity index is 460. The van der Waals surface area contributed by atoms with Gasteiger partial charge < -0.3 is 23.7 Å². The molecule has 0 aliphatic carbocycles. The predicted octanol–water partition coefficient (Wildman–Crippen LogP) is -0.328. The Morgan fingerprint density at radius 1 is 0.952 bits per heavy atom. The molecular formula is C11H11N3O7. The molecule has 0 fully saturated rings. The molecule has 0 aromatic carbocycles. The first-order valence-electron chi connectivity index (χ1n) is 5.54. The fraction of sp³-hybridized carbons (Fsp3) is 0.545. The smallest absolute Gasteiger partial charge is 0.351 e. The molecule has 0 N–H and O–H groups in total. The minimum atomic E-state index is -1.31. The Morgan fingerprint density at radius 2 is 1.67 bits per heavy atom. The third kappa shape index (κ3) is 9.40. The molecule has 0 aromatic rings. The fourth-order valence-electron chi connectivity index (χ4n) is 1.06. The van der Waals surface area contributed by atoms with E-state index >= 15 is 0 Å². The van der Waals surface area contributed by atoms with Crippen LogP contribution in [0.5, 0.6) is 0 Å². The Morgan fingerprint density at radius 3 is 2.29 bits per heavy atom. The van der Waals surface area contributed by atoms with Gasteiger partial charge in [-0.15, -0.1) is 0 Å². The van der Waals surface area contributed by atoms with E-state index in [1.807, 2.05) is 0 Å². The number of carbonyl (C=O) groups is 2. The maximum Gasteiger partial charge on any atom is 0.351 e. The van der Waals surface area contributed by atoms with Crippen molar-refractivity contribution in [3.63, 3.8) is 0 Å².